The van der Waals surface area contributed by atoms with Crippen molar-refractivity contribution in [2.45, 2.75) is 19.3 Å². The summed E-state index contributed by atoms with van der Waals surface area (Å²) in [5.74, 6) is 0. The Morgan fingerprint density at radius 1 is 1.50 bits per heavy atom. The summed E-state index contributed by atoms with van der Waals surface area (Å²) in [6.07, 6.45) is -4.55. The first kappa shape index (κ1) is 12.7. The van der Waals surface area contributed by atoms with Crippen molar-refractivity contribution in [1.29, 1.82) is 0 Å². The van der Waals surface area contributed by atoms with Gasteiger partial charge in [0.2, 0.25) is 0 Å². The highest BCUT2D eigenvalue weighted by atomic mass is 35.5. The molecule has 0 heterocycles. The van der Waals surface area contributed by atoms with E-state index < -0.39 is 19.0 Å². The Labute approximate surface area is 62.9 Å². The summed E-state index contributed by atoms with van der Waals surface area (Å²) in [5, 5.41) is 0. The Balaban J connectivity index is 0. The average molecular weight is 180 g/mol. The maximum absolute atomic E-state index is 11.1. The number of nitrogens with two attached hydrogens (primary N) is 1. The molecule has 0 aliphatic carbocycles. The molecule has 2 nitrogen and oxygen atoms in total. The second-order valence-electron chi connectivity index (χ2n) is 1.73. The fraction of sp³-hybridized carbons (Fsp3) is 1.00. The normalized spacial score (nSPS) is 14.1. The summed E-state index contributed by atoms with van der Waals surface area (Å²) in [6, 6.07) is -0.577. The molecule has 1 atom stereocenters. The molecular weight excluding hydrogens is 170 g/mol. The van der Waals surface area contributed by atoms with E-state index in [1.165, 1.54) is 6.92 Å². The van der Waals surface area contributed by atoms with Crippen LogP contribution in [0.5, 0.6) is 0 Å². The molecule has 0 saturated heterocycles. The van der Waals surface area contributed by atoms with E-state index in [0.717, 1.165) is 0 Å². The second kappa shape index (κ2) is 4.76. The molecule has 2 N–H and O–H groups in total. The van der Waals surface area contributed by atoms with Crippen molar-refractivity contribution in [1.82, 2.24) is 0 Å². The summed E-state index contributed by atoms with van der Waals surface area (Å²) < 4.78 is 36.8. The smallest absolute Gasteiger partial charge is 0.326 e. The Hall–Kier alpha value is -0.0000000000000000555. The molecule has 0 rings (SSSR count). The third-order valence-electron chi connectivity index (χ3n) is 0.510. The molecule has 0 amide bonds. The predicted molar refractivity (Wildman–Crippen MR) is 32.9 cm³/mol. The van der Waals surface area contributed by atoms with Crippen LogP contribution in [0.25, 0.3) is 0 Å². The fourth-order valence-electron chi connectivity index (χ4n) is 0.226. The van der Waals surface area contributed by atoms with E-state index in [0.29, 0.717) is 0 Å². The highest BCUT2D eigenvalue weighted by Gasteiger charge is 2.28. The molecule has 0 saturated carbocycles. The maximum atomic E-state index is 11.1. The van der Waals surface area contributed by atoms with Gasteiger partial charge in [-0.15, -0.1) is 25.6 Å². The third kappa shape index (κ3) is 10.9. The minimum Gasteiger partial charge on any atom is -0.326 e. The van der Waals surface area contributed by atoms with Crippen molar-refractivity contribution < 1.29 is 17.9 Å². The first-order chi connectivity index (χ1) is 3.92. The zero-order chi connectivity index (χ0) is 7.49. The Kier molecular flexibility index (Phi) is 6.02. The lowest BCUT2D eigenvalue weighted by atomic mass is 10.4. The van der Waals surface area contributed by atoms with Gasteiger partial charge in [0.1, 0.15) is 0 Å². The summed E-state index contributed by atoms with van der Waals surface area (Å²) >= 11 is 0. The van der Waals surface area contributed by atoms with Gasteiger partial charge in [-0.1, -0.05) is 0 Å². The lowest BCUT2D eigenvalue weighted by Gasteiger charge is -2.08. The van der Waals surface area contributed by atoms with Gasteiger partial charge in [0.15, 0.2) is 0 Å². The van der Waals surface area contributed by atoms with E-state index in [1.807, 2.05) is 0 Å². The van der Waals surface area contributed by atoms with Crippen LogP contribution in [0.2, 0.25) is 0 Å². The molecule has 0 aromatic rings. The highest BCUT2D eigenvalue weighted by Crippen LogP contribution is 2.15. The molecule has 0 bridgehead atoms. The van der Waals surface area contributed by atoms with Gasteiger partial charge >= 0.3 is 6.36 Å². The van der Waals surface area contributed by atoms with Crippen molar-refractivity contribution >= 4 is 12.4 Å². The van der Waals surface area contributed by atoms with E-state index in [4.69, 9.17) is 5.73 Å². The molecule has 6 heteroatoms. The summed E-state index contributed by atoms with van der Waals surface area (Å²) in [7, 11) is 0. The molecule has 0 aliphatic rings. The standard InChI is InChI=1S/C4H8F3NO.ClH/c1-3(8)2-9-4(5,6)7;/h3H,2,8H2,1H3;1H. The average Bonchev–Trinajstić information content (AvgIpc) is 1.59. The summed E-state index contributed by atoms with van der Waals surface area (Å²) in [4.78, 5) is 0. The van der Waals surface area contributed by atoms with Crippen molar-refractivity contribution in [3.8, 4) is 0 Å². The van der Waals surface area contributed by atoms with Gasteiger partial charge < -0.3 is 5.73 Å². The van der Waals surface area contributed by atoms with Crippen LogP contribution in [0, 0.1) is 0 Å². The van der Waals surface area contributed by atoms with Gasteiger partial charge in [-0.05, 0) is 6.92 Å². The zero-order valence-corrected chi connectivity index (χ0v) is 6.13. The monoisotopic (exact) mass is 179 g/mol. The van der Waals surface area contributed by atoms with E-state index >= 15 is 0 Å². The SMILES string of the molecule is CC(N)COC(F)(F)F.Cl. The van der Waals surface area contributed by atoms with Gasteiger partial charge in [0.25, 0.3) is 0 Å². The summed E-state index contributed by atoms with van der Waals surface area (Å²) in [6.45, 7) is 0.954. The number of hydrogen-bond donors (Lipinski definition) is 1. The molecule has 0 aliphatic heterocycles. The molecule has 0 fully saturated rings. The van der Waals surface area contributed by atoms with Gasteiger partial charge in [-0.3, -0.25) is 4.74 Å². The van der Waals surface area contributed by atoms with Gasteiger partial charge in [0, 0.05) is 6.04 Å². The van der Waals surface area contributed by atoms with Crippen LogP contribution in [0.3, 0.4) is 0 Å². The largest absolute Gasteiger partial charge is 0.522 e. The molecule has 1 unspecified atom stereocenters. The van der Waals surface area contributed by atoms with Gasteiger partial charge in [0.05, 0.1) is 6.61 Å². The minimum absolute atomic E-state index is 0. The Bertz CT molecular complexity index is 85.1. The summed E-state index contributed by atoms with van der Waals surface area (Å²) in [5.41, 5.74) is 4.97. The first-order valence-electron chi connectivity index (χ1n) is 2.38. The van der Waals surface area contributed by atoms with Crippen LogP contribution in [-0.2, 0) is 4.74 Å². The molecule has 64 valence electrons. The van der Waals surface area contributed by atoms with Crippen LogP contribution in [0.1, 0.15) is 6.92 Å². The second-order valence-corrected chi connectivity index (χ2v) is 1.73. The fourth-order valence-corrected chi connectivity index (χ4v) is 0.226. The molecule has 0 radical (unpaired) electrons. The number of rotatable bonds is 2. The van der Waals surface area contributed by atoms with E-state index in [2.05, 4.69) is 4.74 Å². The third-order valence-corrected chi connectivity index (χ3v) is 0.510. The number of halogens is 4. The molecule has 0 aromatic carbocycles. The number of hydrogen-bond acceptors (Lipinski definition) is 2. The highest BCUT2D eigenvalue weighted by molar-refractivity contribution is 5.85. The molecule has 0 spiro atoms. The van der Waals surface area contributed by atoms with Crippen LogP contribution < -0.4 is 5.73 Å². The van der Waals surface area contributed by atoms with Crippen LogP contribution >= 0.6 is 12.4 Å². The van der Waals surface area contributed by atoms with Gasteiger partial charge in [-0.25, -0.2) is 0 Å². The van der Waals surface area contributed by atoms with Crippen LogP contribution in [0.4, 0.5) is 13.2 Å². The number of ether oxygens (including phenoxy) is 1. The van der Waals surface area contributed by atoms with Crippen molar-refractivity contribution in [2.24, 2.45) is 5.73 Å². The Morgan fingerprint density at radius 3 is 2.00 bits per heavy atom. The van der Waals surface area contributed by atoms with Crippen LogP contribution in [0.15, 0.2) is 0 Å². The van der Waals surface area contributed by atoms with Crippen LogP contribution in [-0.4, -0.2) is 19.0 Å². The quantitative estimate of drug-likeness (QED) is 0.694. The first-order valence-corrected chi connectivity index (χ1v) is 2.38. The molecular formula is C4H9ClF3NO. The van der Waals surface area contributed by atoms with Crippen molar-refractivity contribution in [2.75, 3.05) is 6.61 Å². The topological polar surface area (TPSA) is 35.2 Å². The molecule has 10 heavy (non-hydrogen) atoms. The zero-order valence-electron chi connectivity index (χ0n) is 5.31. The minimum atomic E-state index is -4.55. The van der Waals surface area contributed by atoms with Crippen molar-refractivity contribution in [3.05, 3.63) is 0 Å². The van der Waals surface area contributed by atoms with Gasteiger partial charge in [-0.2, -0.15) is 0 Å². The number of alkyl halides is 3. The molecule has 0 aromatic heterocycles. The lowest BCUT2D eigenvalue weighted by molar-refractivity contribution is -0.325. The van der Waals surface area contributed by atoms with E-state index in [-0.39, 0.29) is 12.4 Å². The van der Waals surface area contributed by atoms with E-state index in [1.54, 1.807) is 0 Å². The van der Waals surface area contributed by atoms with Crippen molar-refractivity contribution in [3.63, 3.8) is 0 Å². The maximum Gasteiger partial charge on any atom is 0.522 e. The predicted octanol–water partition coefficient (Wildman–Crippen LogP) is 1.29. The lowest BCUT2D eigenvalue weighted by Crippen LogP contribution is -2.27. The Morgan fingerprint density at radius 2 is 1.90 bits per heavy atom. The van der Waals surface area contributed by atoms with E-state index in [9.17, 15) is 13.2 Å².